The topological polar surface area (TPSA) is 49.6 Å². The van der Waals surface area contributed by atoms with Crippen LogP contribution < -0.4 is 0 Å². The van der Waals surface area contributed by atoms with Crippen molar-refractivity contribution in [2.75, 3.05) is 19.6 Å². The molecule has 4 heterocycles. The van der Waals surface area contributed by atoms with Crippen molar-refractivity contribution in [3.05, 3.63) is 54.2 Å². The van der Waals surface area contributed by atoms with Gasteiger partial charge in [-0.15, -0.1) is 0 Å². The van der Waals surface area contributed by atoms with E-state index >= 15 is 0 Å². The molecule has 4 atom stereocenters. The lowest BCUT2D eigenvalue weighted by atomic mass is 9.74. The van der Waals surface area contributed by atoms with Gasteiger partial charge in [0.1, 0.15) is 6.26 Å². The first kappa shape index (κ1) is 17.0. The molecule has 142 valence electrons. The third kappa shape index (κ3) is 3.29. The molecule has 5 nitrogen and oxygen atoms in total. The molecule has 1 aromatic carbocycles. The Balaban J connectivity index is 1.31. The van der Waals surface area contributed by atoms with Crippen LogP contribution in [0.5, 0.6) is 0 Å². The molecule has 0 N–H and O–H groups in total. The highest BCUT2D eigenvalue weighted by atomic mass is 16.3. The molecule has 2 aromatic rings. The molecule has 2 bridgehead atoms. The maximum atomic E-state index is 12.7. The number of nitrogens with zero attached hydrogens (tertiary/aromatic N) is 3. The number of fused-ring (bicyclic) bond motifs is 4. The summed E-state index contributed by atoms with van der Waals surface area (Å²) >= 11 is 0. The Labute approximate surface area is 160 Å². The zero-order valence-electron chi connectivity index (χ0n) is 15.7. The number of carbonyl (C=O) groups excluding carboxylic acids is 1. The quantitative estimate of drug-likeness (QED) is 0.838. The van der Waals surface area contributed by atoms with Crippen LogP contribution in [0.15, 0.2) is 47.4 Å². The van der Waals surface area contributed by atoms with Crippen LogP contribution in [0.4, 0.5) is 0 Å². The minimum absolute atomic E-state index is 0.0311. The van der Waals surface area contributed by atoms with Gasteiger partial charge in [-0.3, -0.25) is 9.69 Å². The van der Waals surface area contributed by atoms with Crippen LogP contribution in [0.2, 0.25) is 0 Å². The summed E-state index contributed by atoms with van der Waals surface area (Å²) in [5.41, 5.74) is 1.89. The van der Waals surface area contributed by atoms with E-state index in [-0.39, 0.29) is 5.91 Å². The SMILES string of the molecule is O=C(c1cocn1)N1C[C@@H]2C[C@H](C1)[C@@H]1CCC[C@H](Cc3ccccc3)N1C2. The predicted molar refractivity (Wildman–Crippen MR) is 102 cm³/mol. The molecule has 0 unspecified atom stereocenters. The lowest BCUT2D eigenvalue weighted by Crippen LogP contribution is -2.62. The fraction of sp³-hybridized carbons (Fsp3) is 0.545. The minimum Gasteiger partial charge on any atom is -0.451 e. The van der Waals surface area contributed by atoms with E-state index in [0.717, 1.165) is 26.1 Å². The first-order chi connectivity index (χ1) is 13.3. The second-order valence-corrected chi connectivity index (χ2v) is 8.48. The van der Waals surface area contributed by atoms with E-state index in [2.05, 4.69) is 40.2 Å². The summed E-state index contributed by atoms with van der Waals surface area (Å²) in [5.74, 6) is 1.20. The van der Waals surface area contributed by atoms with Crippen molar-refractivity contribution in [1.29, 1.82) is 0 Å². The number of hydrogen-bond donors (Lipinski definition) is 0. The average Bonchev–Trinajstić information content (AvgIpc) is 3.23. The van der Waals surface area contributed by atoms with Crippen molar-refractivity contribution < 1.29 is 9.21 Å². The Bertz CT molecular complexity index is 776. The molecule has 3 aliphatic heterocycles. The van der Waals surface area contributed by atoms with Crippen LogP contribution in [-0.2, 0) is 6.42 Å². The molecule has 0 saturated carbocycles. The molecule has 1 amide bonds. The third-order valence-electron chi connectivity index (χ3n) is 6.77. The van der Waals surface area contributed by atoms with Crippen LogP contribution in [0.3, 0.4) is 0 Å². The van der Waals surface area contributed by atoms with E-state index < -0.39 is 0 Å². The van der Waals surface area contributed by atoms with E-state index in [0.29, 0.717) is 29.6 Å². The van der Waals surface area contributed by atoms with Crippen LogP contribution in [0.1, 0.15) is 41.7 Å². The smallest absolute Gasteiger partial charge is 0.275 e. The summed E-state index contributed by atoms with van der Waals surface area (Å²) in [4.78, 5) is 21.6. The molecule has 0 aliphatic carbocycles. The molecule has 3 saturated heterocycles. The Hall–Kier alpha value is -2.14. The highest BCUT2D eigenvalue weighted by molar-refractivity contribution is 5.92. The molecule has 3 aliphatic rings. The normalized spacial score (nSPS) is 30.7. The van der Waals surface area contributed by atoms with Gasteiger partial charge in [0.25, 0.3) is 5.91 Å². The molecule has 1 aromatic heterocycles. The Morgan fingerprint density at radius 2 is 2.04 bits per heavy atom. The van der Waals surface area contributed by atoms with Crippen molar-refractivity contribution in [3.8, 4) is 0 Å². The summed E-state index contributed by atoms with van der Waals surface area (Å²) in [6.07, 6.45) is 9.10. The number of amides is 1. The molecular formula is C22H27N3O2. The number of benzene rings is 1. The second kappa shape index (κ2) is 7.12. The molecule has 3 fully saturated rings. The standard InChI is InChI=1S/C22H27N3O2/c26-22(20-14-27-15-23-20)24-11-17-9-18(13-24)21-8-4-7-19(25(21)12-17)10-16-5-2-1-3-6-16/h1-3,5-6,14-15,17-19,21H,4,7-13H2/t17-,18+,19+,21-/m0/s1. The summed E-state index contributed by atoms with van der Waals surface area (Å²) in [7, 11) is 0. The first-order valence-electron chi connectivity index (χ1n) is 10.2. The number of oxazole rings is 1. The van der Waals surface area contributed by atoms with Crippen LogP contribution in [0, 0.1) is 11.8 Å². The molecule has 0 radical (unpaired) electrons. The number of hydrogen-bond acceptors (Lipinski definition) is 4. The van der Waals surface area contributed by atoms with Gasteiger partial charge in [0, 0.05) is 31.7 Å². The lowest BCUT2D eigenvalue weighted by molar-refractivity contribution is -0.0499. The predicted octanol–water partition coefficient (Wildman–Crippen LogP) is 3.23. The fourth-order valence-electron chi connectivity index (χ4n) is 5.66. The van der Waals surface area contributed by atoms with Crippen LogP contribution >= 0.6 is 0 Å². The van der Waals surface area contributed by atoms with Gasteiger partial charge in [0.2, 0.25) is 0 Å². The zero-order chi connectivity index (χ0) is 18.2. The average molecular weight is 365 g/mol. The van der Waals surface area contributed by atoms with E-state index in [1.54, 1.807) is 0 Å². The van der Waals surface area contributed by atoms with Crippen molar-refractivity contribution in [2.24, 2.45) is 11.8 Å². The van der Waals surface area contributed by atoms with E-state index in [9.17, 15) is 4.79 Å². The van der Waals surface area contributed by atoms with Gasteiger partial charge < -0.3 is 9.32 Å². The van der Waals surface area contributed by atoms with E-state index in [4.69, 9.17) is 4.42 Å². The van der Waals surface area contributed by atoms with Crippen LogP contribution in [-0.4, -0.2) is 52.4 Å². The molecule has 0 spiro atoms. The van der Waals surface area contributed by atoms with Crippen molar-refractivity contribution in [1.82, 2.24) is 14.8 Å². The van der Waals surface area contributed by atoms with E-state index in [1.165, 1.54) is 43.9 Å². The van der Waals surface area contributed by atoms with E-state index in [1.807, 2.05) is 4.90 Å². The fourth-order valence-corrected chi connectivity index (χ4v) is 5.66. The molecule has 5 rings (SSSR count). The van der Waals surface area contributed by atoms with Gasteiger partial charge in [0.05, 0.1) is 0 Å². The van der Waals surface area contributed by atoms with Gasteiger partial charge in [0.15, 0.2) is 12.1 Å². The number of rotatable bonds is 3. The molecule has 5 heteroatoms. The third-order valence-corrected chi connectivity index (χ3v) is 6.77. The minimum atomic E-state index is 0.0311. The Morgan fingerprint density at radius 3 is 2.85 bits per heavy atom. The lowest BCUT2D eigenvalue weighted by Gasteiger charge is -2.55. The van der Waals surface area contributed by atoms with Gasteiger partial charge in [-0.1, -0.05) is 36.8 Å². The summed E-state index contributed by atoms with van der Waals surface area (Å²) < 4.78 is 5.01. The van der Waals surface area contributed by atoms with Gasteiger partial charge in [-0.2, -0.15) is 0 Å². The molecule has 27 heavy (non-hydrogen) atoms. The maximum Gasteiger partial charge on any atom is 0.275 e. The molecular weight excluding hydrogens is 338 g/mol. The Kier molecular flexibility index (Phi) is 4.48. The first-order valence-corrected chi connectivity index (χ1v) is 10.2. The number of aromatic nitrogens is 1. The van der Waals surface area contributed by atoms with Crippen LogP contribution in [0.25, 0.3) is 0 Å². The highest BCUT2D eigenvalue weighted by Gasteiger charge is 2.45. The number of likely N-dealkylation sites (tertiary alicyclic amines) is 1. The van der Waals surface area contributed by atoms with Gasteiger partial charge >= 0.3 is 0 Å². The maximum absolute atomic E-state index is 12.7. The second-order valence-electron chi connectivity index (χ2n) is 8.48. The van der Waals surface area contributed by atoms with Crippen molar-refractivity contribution in [2.45, 2.75) is 44.2 Å². The monoisotopic (exact) mass is 365 g/mol. The number of carbonyl (C=O) groups is 1. The summed E-state index contributed by atoms with van der Waals surface area (Å²) in [6.45, 7) is 2.84. The highest BCUT2D eigenvalue weighted by Crippen LogP contribution is 2.40. The Morgan fingerprint density at radius 1 is 1.15 bits per heavy atom. The van der Waals surface area contributed by atoms with Crippen molar-refractivity contribution in [3.63, 3.8) is 0 Å². The summed E-state index contributed by atoms with van der Waals surface area (Å²) in [6, 6.07) is 12.2. The number of piperidine rings is 3. The zero-order valence-corrected chi connectivity index (χ0v) is 15.7. The van der Waals surface area contributed by atoms with Crippen molar-refractivity contribution >= 4 is 5.91 Å². The largest absolute Gasteiger partial charge is 0.451 e. The van der Waals surface area contributed by atoms with Gasteiger partial charge in [-0.05, 0) is 43.1 Å². The van der Waals surface area contributed by atoms with Gasteiger partial charge in [-0.25, -0.2) is 4.98 Å². The summed E-state index contributed by atoms with van der Waals surface area (Å²) in [5, 5.41) is 0.